The fraction of sp³-hybridized carbons (Fsp3) is 0.250. The summed E-state index contributed by atoms with van der Waals surface area (Å²) < 4.78 is 4.62. The van der Waals surface area contributed by atoms with Crippen LogP contribution in [0.1, 0.15) is 24.2 Å². The molecule has 0 saturated heterocycles. The summed E-state index contributed by atoms with van der Waals surface area (Å²) >= 11 is 0. The van der Waals surface area contributed by atoms with Crippen molar-refractivity contribution in [3.63, 3.8) is 0 Å². The van der Waals surface area contributed by atoms with Crippen molar-refractivity contribution in [2.75, 3.05) is 11.9 Å². The Morgan fingerprint density at radius 2 is 1.88 bits per heavy atom. The van der Waals surface area contributed by atoms with E-state index in [-0.39, 0.29) is 18.1 Å². The van der Waals surface area contributed by atoms with Gasteiger partial charge in [-0.2, -0.15) is 0 Å². The molecule has 1 aromatic rings. The van der Waals surface area contributed by atoms with Crippen LogP contribution in [-0.4, -0.2) is 24.3 Å². The van der Waals surface area contributed by atoms with Crippen molar-refractivity contribution >= 4 is 23.3 Å². The van der Waals surface area contributed by atoms with Gasteiger partial charge in [0.15, 0.2) is 0 Å². The van der Waals surface area contributed by atoms with Gasteiger partial charge in [0.2, 0.25) is 5.91 Å². The lowest BCUT2D eigenvalue weighted by Crippen LogP contribution is -2.20. The zero-order valence-corrected chi connectivity index (χ0v) is 9.65. The number of rotatable bonds is 4. The molecule has 5 heteroatoms. The highest BCUT2D eigenvalue weighted by Gasteiger charge is 2.20. The van der Waals surface area contributed by atoms with Crippen LogP contribution in [-0.2, 0) is 14.3 Å². The molecule has 0 bridgehead atoms. The Morgan fingerprint density at radius 3 is 2.47 bits per heavy atom. The molecule has 0 fully saturated rings. The molecule has 1 aromatic carbocycles. The number of para-hydroxylation sites is 1. The smallest absolute Gasteiger partial charge is 0.379 e. The van der Waals surface area contributed by atoms with Gasteiger partial charge in [-0.15, -0.1) is 0 Å². The largest absolute Gasteiger partial charge is 0.460 e. The maximum atomic E-state index is 11.7. The molecule has 5 nitrogen and oxygen atoms in total. The molecule has 1 N–H and O–H groups in total. The van der Waals surface area contributed by atoms with Crippen LogP contribution in [0.3, 0.4) is 0 Å². The van der Waals surface area contributed by atoms with Gasteiger partial charge in [-0.1, -0.05) is 12.1 Å². The van der Waals surface area contributed by atoms with Gasteiger partial charge in [0.1, 0.15) is 0 Å². The van der Waals surface area contributed by atoms with Crippen LogP contribution in [0.5, 0.6) is 0 Å². The van der Waals surface area contributed by atoms with Crippen molar-refractivity contribution in [1.82, 2.24) is 0 Å². The fourth-order valence-electron chi connectivity index (χ4n) is 1.29. The minimum atomic E-state index is -0.926. The van der Waals surface area contributed by atoms with Gasteiger partial charge in [0.25, 0.3) is 5.78 Å². The lowest BCUT2D eigenvalue weighted by Gasteiger charge is -2.07. The standard InChI is InChI=1S/C12H13NO4/c1-3-17-12(16)11(15)9-6-4-5-7-10(9)13-8(2)14/h4-7H,3H2,1-2H3,(H,13,14). The Balaban J connectivity index is 3.00. The molecule has 0 aliphatic rings. The number of anilines is 1. The van der Waals surface area contributed by atoms with Gasteiger partial charge in [-0.25, -0.2) is 4.79 Å². The summed E-state index contributed by atoms with van der Waals surface area (Å²) in [7, 11) is 0. The minimum Gasteiger partial charge on any atom is -0.460 e. The van der Waals surface area contributed by atoms with Gasteiger partial charge in [-0.3, -0.25) is 9.59 Å². The van der Waals surface area contributed by atoms with Crippen molar-refractivity contribution in [2.24, 2.45) is 0 Å². The van der Waals surface area contributed by atoms with Crippen molar-refractivity contribution in [3.8, 4) is 0 Å². The fourth-order valence-corrected chi connectivity index (χ4v) is 1.29. The second-order valence-electron chi connectivity index (χ2n) is 3.28. The Kier molecular flexibility index (Phi) is 4.39. The van der Waals surface area contributed by atoms with Crippen LogP contribution in [0.15, 0.2) is 24.3 Å². The Bertz CT molecular complexity index is 454. The van der Waals surface area contributed by atoms with Crippen molar-refractivity contribution in [2.45, 2.75) is 13.8 Å². The molecular formula is C12H13NO4. The molecule has 17 heavy (non-hydrogen) atoms. The van der Waals surface area contributed by atoms with Crippen molar-refractivity contribution in [1.29, 1.82) is 0 Å². The summed E-state index contributed by atoms with van der Waals surface area (Å²) in [4.78, 5) is 34.0. The molecule has 1 amide bonds. The first-order valence-corrected chi connectivity index (χ1v) is 5.14. The van der Waals surface area contributed by atoms with E-state index in [9.17, 15) is 14.4 Å². The van der Waals surface area contributed by atoms with E-state index < -0.39 is 11.8 Å². The van der Waals surface area contributed by atoms with E-state index in [0.29, 0.717) is 5.69 Å². The van der Waals surface area contributed by atoms with E-state index in [1.807, 2.05) is 0 Å². The molecular weight excluding hydrogens is 222 g/mol. The summed E-state index contributed by atoms with van der Waals surface area (Å²) in [5.74, 6) is -2.00. The number of esters is 1. The highest BCUT2D eigenvalue weighted by Crippen LogP contribution is 2.16. The van der Waals surface area contributed by atoms with E-state index in [1.54, 1.807) is 25.1 Å². The van der Waals surface area contributed by atoms with Gasteiger partial charge in [-0.05, 0) is 19.1 Å². The monoisotopic (exact) mass is 235 g/mol. The van der Waals surface area contributed by atoms with Crippen LogP contribution < -0.4 is 5.32 Å². The average Bonchev–Trinajstić information content (AvgIpc) is 2.28. The highest BCUT2D eigenvalue weighted by atomic mass is 16.5. The molecule has 0 aliphatic heterocycles. The number of hydrogen-bond donors (Lipinski definition) is 1. The van der Waals surface area contributed by atoms with Crippen LogP contribution in [0.2, 0.25) is 0 Å². The topological polar surface area (TPSA) is 72.5 Å². The van der Waals surface area contributed by atoms with Crippen LogP contribution in [0, 0.1) is 0 Å². The maximum Gasteiger partial charge on any atom is 0.379 e. The Labute approximate surface area is 98.8 Å². The summed E-state index contributed by atoms with van der Waals surface area (Å²) in [6.07, 6.45) is 0. The second kappa shape index (κ2) is 5.79. The molecule has 0 spiro atoms. The van der Waals surface area contributed by atoms with E-state index >= 15 is 0 Å². The third kappa shape index (κ3) is 3.41. The molecule has 0 saturated carbocycles. The zero-order chi connectivity index (χ0) is 12.8. The summed E-state index contributed by atoms with van der Waals surface area (Å²) in [5, 5.41) is 2.48. The van der Waals surface area contributed by atoms with Crippen LogP contribution in [0.25, 0.3) is 0 Å². The molecule has 0 heterocycles. The molecule has 0 unspecified atom stereocenters. The predicted molar refractivity (Wildman–Crippen MR) is 61.7 cm³/mol. The Morgan fingerprint density at radius 1 is 1.24 bits per heavy atom. The minimum absolute atomic E-state index is 0.126. The Hall–Kier alpha value is -2.17. The molecule has 0 aliphatic carbocycles. The number of Topliss-reactive ketones (excluding diaryl/α,β-unsaturated/α-hetero) is 1. The molecule has 0 aromatic heterocycles. The van der Waals surface area contributed by atoms with Crippen LogP contribution in [0.4, 0.5) is 5.69 Å². The third-order valence-electron chi connectivity index (χ3n) is 1.94. The van der Waals surface area contributed by atoms with Gasteiger partial charge in [0.05, 0.1) is 17.9 Å². The first kappa shape index (κ1) is 12.9. The first-order chi connectivity index (χ1) is 8.06. The highest BCUT2D eigenvalue weighted by molar-refractivity contribution is 6.42. The summed E-state index contributed by atoms with van der Waals surface area (Å²) in [6, 6.07) is 6.28. The number of hydrogen-bond acceptors (Lipinski definition) is 4. The first-order valence-electron chi connectivity index (χ1n) is 5.14. The number of ketones is 1. The normalized spacial score (nSPS) is 9.53. The number of amides is 1. The van der Waals surface area contributed by atoms with Crippen molar-refractivity contribution < 1.29 is 19.1 Å². The summed E-state index contributed by atoms with van der Waals surface area (Å²) in [5.41, 5.74) is 0.430. The number of nitrogens with one attached hydrogen (secondary N) is 1. The van der Waals surface area contributed by atoms with Gasteiger partial charge >= 0.3 is 5.97 Å². The predicted octanol–water partition coefficient (Wildman–Crippen LogP) is 1.39. The van der Waals surface area contributed by atoms with E-state index in [1.165, 1.54) is 13.0 Å². The van der Waals surface area contributed by atoms with Gasteiger partial charge in [0, 0.05) is 6.92 Å². The molecule has 0 atom stereocenters. The molecule has 1 rings (SSSR count). The maximum absolute atomic E-state index is 11.7. The number of benzene rings is 1. The van der Waals surface area contributed by atoms with Crippen molar-refractivity contribution in [3.05, 3.63) is 29.8 Å². The summed E-state index contributed by atoms with van der Waals surface area (Å²) in [6.45, 7) is 3.07. The molecule has 0 radical (unpaired) electrons. The van der Waals surface area contributed by atoms with E-state index in [4.69, 9.17) is 0 Å². The van der Waals surface area contributed by atoms with E-state index in [2.05, 4.69) is 10.1 Å². The number of carbonyl (C=O) groups is 3. The van der Waals surface area contributed by atoms with Crippen LogP contribution >= 0.6 is 0 Å². The zero-order valence-electron chi connectivity index (χ0n) is 9.65. The molecule has 90 valence electrons. The number of carbonyl (C=O) groups excluding carboxylic acids is 3. The lowest BCUT2D eigenvalue weighted by atomic mass is 10.1. The SMILES string of the molecule is CCOC(=O)C(=O)c1ccccc1NC(C)=O. The number of ether oxygens (including phenoxy) is 1. The van der Waals surface area contributed by atoms with E-state index in [0.717, 1.165) is 0 Å². The van der Waals surface area contributed by atoms with Gasteiger partial charge < -0.3 is 10.1 Å². The second-order valence-corrected chi connectivity index (χ2v) is 3.28. The average molecular weight is 235 g/mol. The quantitative estimate of drug-likeness (QED) is 0.486. The third-order valence-corrected chi connectivity index (χ3v) is 1.94. The lowest BCUT2D eigenvalue weighted by molar-refractivity contribution is -0.137.